The number of hydrogen-bond donors (Lipinski definition) is 1. The smallest absolute Gasteiger partial charge is 0.0408 e. The molecule has 1 aromatic rings. The number of benzene rings is 1. The van der Waals surface area contributed by atoms with Crippen LogP contribution in [0, 0.1) is 5.92 Å². The molecule has 2 aliphatic carbocycles. The molecular weight excluding hydrogens is 254 g/mol. The van der Waals surface area contributed by atoms with Crippen molar-refractivity contribution in [2.75, 3.05) is 6.54 Å². The summed E-state index contributed by atoms with van der Waals surface area (Å²) in [6.07, 6.45) is 9.64. The Hall–Kier alpha value is -0.530. The lowest BCUT2D eigenvalue weighted by molar-refractivity contribution is 0.374. The number of hydrogen-bond acceptors (Lipinski definition) is 1. The lowest BCUT2D eigenvalue weighted by atomic mass is 9.82. The van der Waals surface area contributed by atoms with E-state index >= 15 is 0 Å². The van der Waals surface area contributed by atoms with Crippen LogP contribution in [0.5, 0.6) is 0 Å². The van der Waals surface area contributed by atoms with Gasteiger partial charge in [-0.1, -0.05) is 43.0 Å². The van der Waals surface area contributed by atoms with Crippen molar-refractivity contribution in [3.8, 4) is 0 Å². The maximum Gasteiger partial charge on any atom is 0.0408 e. The van der Waals surface area contributed by atoms with Crippen LogP contribution in [0.15, 0.2) is 24.3 Å². The van der Waals surface area contributed by atoms with Crippen LogP contribution in [0.2, 0.25) is 5.02 Å². The first-order valence-corrected chi connectivity index (χ1v) is 8.19. The highest BCUT2D eigenvalue weighted by atomic mass is 35.5. The van der Waals surface area contributed by atoms with Gasteiger partial charge in [-0.05, 0) is 61.8 Å². The van der Waals surface area contributed by atoms with E-state index in [1.165, 1.54) is 57.1 Å². The molecule has 0 saturated heterocycles. The fourth-order valence-electron chi connectivity index (χ4n) is 3.41. The molecule has 0 aliphatic heterocycles. The maximum absolute atomic E-state index is 6.17. The molecule has 0 radical (unpaired) electrons. The van der Waals surface area contributed by atoms with Gasteiger partial charge in [0.05, 0.1) is 0 Å². The highest BCUT2D eigenvalue weighted by molar-refractivity contribution is 6.30. The third kappa shape index (κ3) is 3.73. The molecular formula is C17H24ClN. The monoisotopic (exact) mass is 277 g/mol. The molecule has 2 saturated carbocycles. The quantitative estimate of drug-likeness (QED) is 0.783. The molecule has 0 heterocycles. The van der Waals surface area contributed by atoms with E-state index < -0.39 is 0 Å². The maximum atomic E-state index is 6.17. The van der Waals surface area contributed by atoms with Gasteiger partial charge in [-0.25, -0.2) is 0 Å². The van der Waals surface area contributed by atoms with Gasteiger partial charge in [0.1, 0.15) is 0 Å². The Morgan fingerprint density at radius 3 is 2.68 bits per heavy atom. The van der Waals surface area contributed by atoms with Crippen LogP contribution < -0.4 is 5.32 Å². The summed E-state index contributed by atoms with van der Waals surface area (Å²) < 4.78 is 0. The average Bonchev–Trinajstić information content (AvgIpc) is 3.23. The Kier molecular flexibility index (Phi) is 4.45. The van der Waals surface area contributed by atoms with Crippen molar-refractivity contribution < 1.29 is 0 Å². The van der Waals surface area contributed by atoms with E-state index in [0.717, 1.165) is 17.0 Å². The van der Waals surface area contributed by atoms with Gasteiger partial charge in [-0.3, -0.25) is 0 Å². The summed E-state index contributed by atoms with van der Waals surface area (Å²) >= 11 is 6.17. The van der Waals surface area contributed by atoms with Crippen LogP contribution in [0.1, 0.15) is 56.4 Å². The number of nitrogens with one attached hydrogen (secondary N) is 1. The van der Waals surface area contributed by atoms with Crippen LogP contribution in [-0.4, -0.2) is 12.6 Å². The minimum Gasteiger partial charge on any atom is -0.314 e. The third-order valence-corrected chi connectivity index (χ3v) is 4.92. The molecule has 0 spiro atoms. The van der Waals surface area contributed by atoms with Crippen molar-refractivity contribution in [2.45, 2.75) is 56.9 Å². The standard InChI is InChI=1S/C17H24ClN/c18-15-7-4-6-13(11-15)17-8-3-1-2-5-14(17)12-19-16-9-10-16/h4,6-7,11,14,16-17,19H,1-3,5,8-10,12H2. The molecule has 2 atom stereocenters. The van der Waals surface area contributed by atoms with Crippen LogP contribution in [0.25, 0.3) is 0 Å². The molecule has 1 nitrogen and oxygen atoms in total. The second kappa shape index (κ2) is 6.28. The normalized spacial score (nSPS) is 28.1. The lowest BCUT2D eigenvalue weighted by Gasteiger charge is -2.26. The fourth-order valence-corrected chi connectivity index (χ4v) is 3.61. The second-order valence-corrected chi connectivity index (χ2v) is 6.68. The minimum absolute atomic E-state index is 0.701. The minimum atomic E-state index is 0.701. The van der Waals surface area contributed by atoms with Gasteiger partial charge >= 0.3 is 0 Å². The van der Waals surface area contributed by atoms with E-state index in [0.29, 0.717) is 5.92 Å². The first-order valence-electron chi connectivity index (χ1n) is 7.82. The van der Waals surface area contributed by atoms with E-state index in [1.54, 1.807) is 0 Å². The zero-order chi connectivity index (χ0) is 13.1. The van der Waals surface area contributed by atoms with Gasteiger partial charge in [0.2, 0.25) is 0 Å². The van der Waals surface area contributed by atoms with Gasteiger partial charge in [-0.2, -0.15) is 0 Å². The zero-order valence-corrected chi connectivity index (χ0v) is 12.3. The van der Waals surface area contributed by atoms with Crippen molar-refractivity contribution in [1.29, 1.82) is 0 Å². The Labute approximate surface area is 121 Å². The van der Waals surface area contributed by atoms with Gasteiger partial charge in [0.25, 0.3) is 0 Å². The van der Waals surface area contributed by atoms with Crippen LogP contribution in [0.4, 0.5) is 0 Å². The predicted octanol–water partition coefficient (Wildman–Crippen LogP) is 4.76. The molecule has 19 heavy (non-hydrogen) atoms. The van der Waals surface area contributed by atoms with Gasteiger partial charge < -0.3 is 5.32 Å². The molecule has 2 heteroatoms. The lowest BCUT2D eigenvalue weighted by Crippen LogP contribution is -2.28. The SMILES string of the molecule is Clc1cccc(C2CCCCCC2CNC2CC2)c1. The predicted molar refractivity (Wildman–Crippen MR) is 81.8 cm³/mol. The van der Waals surface area contributed by atoms with E-state index in [9.17, 15) is 0 Å². The summed E-state index contributed by atoms with van der Waals surface area (Å²) in [7, 11) is 0. The average molecular weight is 278 g/mol. The molecule has 1 N–H and O–H groups in total. The van der Waals surface area contributed by atoms with Crippen molar-refractivity contribution in [1.82, 2.24) is 5.32 Å². The summed E-state index contributed by atoms with van der Waals surface area (Å²) in [5.41, 5.74) is 1.46. The molecule has 0 bridgehead atoms. The van der Waals surface area contributed by atoms with Crippen molar-refractivity contribution in [2.24, 2.45) is 5.92 Å². The summed E-state index contributed by atoms with van der Waals surface area (Å²) in [4.78, 5) is 0. The van der Waals surface area contributed by atoms with Crippen molar-refractivity contribution >= 4 is 11.6 Å². The molecule has 3 rings (SSSR count). The highest BCUT2D eigenvalue weighted by Gasteiger charge is 2.28. The Morgan fingerprint density at radius 2 is 1.89 bits per heavy atom. The number of rotatable bonds is 4. The highest BCUT2D eigenvalue weighted by Crippen LogP contribution is 2.37. The van der Waals surface area contributed by atoms with Crippen molar-refractivity contribution in [3.05, 3.63) is 34.9 Å². The molecule has 1 aromatic carbocycles. The van der Waals surface area contributed by atoms with E-state index in [2.05, 4.69) is 23.5 Å². The van der Waals surface area contributed by atoms with E-state index in [-0.39, 0.29) is 0 Å². The van der Waals surface area contributed by atoms with Gasteiger partial charge in [0, 0.05) is 11.1 Å². The van der Waals surface area contributed by atoms with E-state index in [1.807, 2.05) is 6.07 Å². The molecule has 104 valence electrons. The molecule has 2 fully saturated rings. The molecule has 0 aromatic heterocycles. The molecule has 0 amide bonds. The zero-order valence-electron chi connectivity index (χ0n) is 11.6. The Bertz CT molecular complexity index is 413. The van der Waals surface area contributed by atoms with Crippen LogP contribution >= 0.6 is 11.6 Å². The third-order valence-electron chi connectivity index (χ3n) is 4.68. The topological polar surface area (TPSA) is 12.0 Å². The Morgan fingerprint density at radius 1 is 1.05 bits per heavy atom. The van der Waals surface area contributed by atoms with Crippen molar-refractivity contribution in [3.63, 3.8) is 0 Å². The van der Waals surface area contributed by atoms with Gasteiger partial charge in [0.15, 0.2) is 0 Å². The molecule has 2 unspecified atom stereocenters. The van der Waals surface area contributed by atoms with Gasteiger partial charge in [-0.15, -0.1) is 0 Å². The largest absolute Gasteiger partial charge is 0.314 e. The Balaban J connectivity index is 1.72. The summed E-state index contributed by atoms with van der Waals surface area (Å²) in [5, 5.41) is 4.62. The van der Waals surface area contributed by atoms with Crippen LogP contribution in [0.3, 0.4) is 0 Å². The summed E-state index contributed by atoms with van der Waals surface area (Å²) in [6, 6.07) is 9.36. The summed E-state index contributed by atoms with van der Waals surface area (Å²) in [6.45, 7) is 1.20. The van der Waals surface area contributed by atoms with E-state index in [4.69, 9.17) is 11.6 Å². The fraction of sp³-hybridized carbons (Fsp3) is 0.647. The molecule has 2 aliphatic rings. The summed E-state index contributed by atoms with van der Waals surface area (Å²) in [5.74, 6) is 1.49. The first-order chi connectivity index (χ1) is 9.33. The second-order valence-electron chi connectivity index (χ2n) is 6.24. The number of halogens is 1. The van der Waals surface area contributed by atoms with Crippen LogP contribution in [-0.2, 0) is 0 Å². The first kappa shape index (κ1) is 13.5.